The number of furan rings is 1. The van der Waals surface area contributed by atoms with Gasteiger partial charge < -0.3 is 4.42 Å². The molecule has 108 valence electrons. The number of amides is 1. The number of hydrogen-bond acceptors (Lipinski definition) is 4. The maximum absolute atomic E-state index is 12.4. The van der Waals surface area contributed by atoms with Gasteiger partial charge >= 0.3 is 0 Å². The van der Waals surface area contributed by atoms with Crippen molar-refractivity contribution in [3.8, 4) is 0 Å². The molecule has 5 heteroatoms. The van der Waals surface area contributed by atoms with Crippen LogP contribution in [-0.2, 0) is 6.42 Å². The molecule has 2 aromatic heterocycles. The van der Waals surface area contributed by atoms with Crippen LogP contribution in [0.1, 0.15) is 59.7 Å². The average Bonchev–Trinajstić information content (AvgIpc) is 2.96. The Morgan fingerprint density at radius 2 is 2.25 bits per heavy atom. The summed E-state index contributed by atoms with van der Waals surface area (Å²) in [6, 6.07) is 0. The van der Waals surface area contributed by atoms with Crippen molar-refractivity contribution < 1.29 is 9.21 Å². The fourth-order valence-corrected chi connectivity index (χ4v) is 2.98. The van der Waals surface area contributed by atoms with Crippen LogP contribution >= 0.6 is 11.3 Å². The van der Waals surface area contributed by atoms with Crippen molar-refractivity contribution in [1.82, 2.24) is 4.98 Å². The predicted octanol–water partition coefficient (Wildman–Crippen LogP) is 4.37. The lowest BCUT2D eigenvalue weighted by Gasteiger charge is -2.06. The normalized spacial score (nSPS) is 11.1. The molecule has 0 bridgehead atoms. The van der Waals surface area contributed by atoms with Gasteiger partial charge in [-0.3, -0.25) is 10.1 Å². The largest absolute Gasteiger partial charge is 0.468 e. The Balaban J connectivity index is 2.17. The predicted molar refractivity (Wildman–Crippen MR) is 81.6 cm³/mol. The zero-order valence-electron chi connectivity index (χ0n) is 12.3. The summed E-state index contributed by atoms with van der Waals surface area (Å²) < 4.78 is 5.48. The zero-order valence-corrected chi connectivity index (χ0v) is 13.1. The highest BCUT2D eigenvalue weighted by atomic mass is 32.1. The number of thiazole rings is 1. The lowest BCUT2D eigenvalue weighted by Crippen LogP contribution is -2.14. The summed E-state index contributed by atoms with van der Waals surface area (Å²) in [5.41, 5.74) is 1.49. The van der Waals surface area contributed by atoms with Gasteiger partial charge in [-0.1, -0.05) is 27.2 Å². The SMILES string of the molecule is CCCc1cnc(NC(=O)c2c(C)coc2C(C)C)s1. The van der Waals surface area contributed by atoms with E-state index in [2.05, 4.69) is 17.2 Å². The Labute approximate surface area is 123 Å². The lowest BCUT2D eigenvalue weighted by molar-refractivity contribution is 0.102. The molecule has 0 fully saturated rings. The first-order valence-corrected chi connectivity index (χ1v) is 7.68. The molecule has 0 aliphatic carbocycles. The summed E-state index contributed by atoms with van der Waals surface area (Å²) in [7, 11) is 0. The number of aryl methyl sites for hydroxylation is 2. The molecule has 0 aromatic carbocycles. The van der Waals surface area contributed by atoms with Gasteiger partial charge in [-0.15, -0.1) is 11.3 Å². The van der Waals surface area contributed by atoms with Crippen LogP contribution in [0.5, 0.6) is 0 Å². The Morgan fingerprint density at radius 3 is 2.90 bits per heavy atom. The maximum atomic E-state index is 12.4. The van der Waals surface area contributed by atoms with E-state index in [4.69, 9.17) is 4.42 Å². The minimum absolute atomic E-state index is 0.141. The monoisotopic (exact) mass is 292 g/mol. The van der Waals surface area contributed by atoms with E-state index < -0.39 is 0 Å². The van der Waals surface area contributed by atoms with Crippen LogP contribution in [-0.4, -0.2) is 10.9 Å². The summed E-state index contributed by atoms with van der Waals surface area (Å²) >= 11 is 1.53. The van der Waals surface area contributed by atoms with Gasteiger partial charge in [-0.25, -0.2) is 4.98 Å². The molecular formula is C15H20N2O2S. The first-order valence-electron chi connectivity index (χ1n) is 6.87. The van der Waals surface area contributed by atoms with E-state index in [1.807, 2.05) is 27.0 Å². The molecule has 0 radical (unpaired) electrons. The summed E-state index contributed by atoms with van der Waals surface area (Å²) in [5, 5.41) is 3.51. The van der Waals surface area contributed by atoms with Gasteiger partial charge in [-0.05, 0) is 13.3 Å². The third-order valence-electron chi connectivity index (χ3n) is 3.03. The molecular weight excluding hydrogens is 272 g/mol. The fourth-order valence-electron chi connectivity index (χ4n) is 2.07. The van der Waals surface area contributed by atoms with Crippen molar-refractivity contribution in [3.05, 3.63) is 34.2 Å². The number of nitrogens with zero attached hydrogens (tertiary/aromatic N) is 1. The highest BCUT2D eigenvalue weighted by molar-refractivity contribution is 7.15. The van der Waals surface area contributed by atoms with Crippen molar-refractivity contribution in [3.63, 3.8) is 0 Å². The summed E-state index contributed by atoms with van der Waals surface area (Å²) in [6.45, 7) is 8.03. The third kappa shape index (κ3) is 3.10. The van der Waals surface area contributed by atoms with Crippen molar-refractivity contribution in [2.75, 3.05) is 5.32 Å². The Kier molecular flexibility index (Phi) is 4.60. The second kappa shape index (κ2) is 6.22. The van der Waals surface area contributed by atoms with Gasteiger partial charge in [-0.2, -0.15) is 0 Å². The van der Waals surface area contributed by atoms with Gasteiger partial charge in [0.25, 0.3) is 5.91 Å². The molecule has 0 saturated carbocycles. The van der Waals surface area contributed by atoms with E-state index in [-0.39, 0.29) is 11.8 Å². The first-order chi connectivity index (χ1) is 9.52. The minimum Gasteiger partial charge on any atom is -0.468 e. The van der Waals surface area contributed by atoms with Crippen LogP contribution < -0.4 is 5.32 Å². The fraction of sp³-hybridized carbons (Fsp3) is 0.467. The molecule has 20 heavy (non-hydrogen) atoms. The number of rotatable bonds is 5. The van der Waals surface area contributed by atoms with E-state index in [1.54, 1.807) is 6.26 Å². The number of nitrogens with one attached hydrogen (secondary N) is 1. The second-order valence-electron chi connectivity index (χ2n) is 5.15. The molecule has 1 amide bonds. The second-order valence-corrected chi connectivity index (χ2v) is 6.26. The van der Waals surface area contributed by atoms with E-state index in [9.17, 15) is 4.79 Å². The van der Waals surface area contributed by atoms with Crippen LogP contribution in [0.4, 0.5) is 5.13 Å². The highest BCUT2D eigenvalue weighted by Gasteiger charge is 2.21. The molecule has 4 nitrogen and oxygen atoms in total. The smallest absolute Gasteiger partial charge is 0.261 e. The van der Waals surface area contributed by atoms with Crippen molar-refractivity contribution in [2.45, 2.75) is 46.5 Å². The molecule has 2 rings (SSSR count). The molecule has 0 saturated heterocycles. The van der Waals surface area contributed by atoms with Crippen LogP contribution in [0.25, 0.3) is 0 Å². The van der Waals surface area contributed by atoms with E-state index in [1.165, 1.54) is 16.2 Å². The number of carbonyl (C=O) groups excluding carboxylic acids is 1. The molecule has 2 aromatic rings. The van der Waals surface area contributed by atoms with E-state index in [0.29, 0.717) is 10.7 Å². The van der Waals surface area contributed by atoms with Gasteiger partial charge in [0.1, 0.15) is 5.76 Å². The van der Waals surface area contributed by atoms with Crippen molar-refractivity contribution in [1.29, 1.82) is 0 Å². The minimum atomic E-state index is -0.141. The molecule has 0 unspecified atom stereocenters. The maximum Gasteiger partial charge on any atom is 0.261 e. The standard InChI is InChI=1S/C15H20N2O2S/c1-5-6-11-7-16-15(20-11)17-14(18)12-10(4)8-19-13(12)9(2)3/h7-9H,5-6H2,1-4H3,(H,16,17,18). The van der Waals surface area contributed by atoms with Crippen LogP contribution in [0, 0.1) is 6.92 Å². The molecule has 0 aliphatic heterocycles. The highest BCUT2D eigenvalue weighted by Crippen LogP contribution is 2.26. The van der Waals surface area contributed by atoms with Gasteiger partial charge in [0.15, 0.2) is 5.13 Å². The summed E-state index contributed by atoms with van der Waals surface area (Å²) in [4.78, 5) is 17.8. The Hall–Kier alpha value is -1.62. The molecule has 0 spiro atoms. The van der Waals surface area contributed by atoms with Gasteiger partial charge in [0.2, 0.25) is 0 Å². The van der Waals surface area contributed by atoms with E-state index in [0.717, 1.165) is 24.2 Å². The topological polar surface area (TPSA) is 55.1 Å². The van der Waals surface area contributed by atoms with Crippen molar-refractivity contribution >= 4 is 22.4 Å². The molecule has 0 aliphatic rings. The molecule has 2 heterocycles. The quantitative estimate of drug-likeness (QED) is 0.890. The van der Waals surface area contributed by atoms with Gasteiger partial charge in [0, 0.05) is 22.6 Å². The number of carbonyl (C=O) groups is 1. The average molecular weight is 292 g/mol. The molecule has 0 atom stereocenters. The first kappa shape index (κ1) is 14.8. The van der Waals surface area contributed by atoms with Crippen LogP contribution in [0.3, 0.4) is 0 Å². The van der Waals surface area contributed by atoms with Crippen LogP contribution in [0.15, 0.2) is 16.9 Å². The lowest BCUT2D eigenvalue weighted by atomic mass is 10.0. The zero-order chi connectivity index (χ0) is 14.7. The van der Waals surface area contributed by atoms with E-state index >= 15 is 0 Å². The van der Waals surface area contributed by atoms with Crippen molar-refractivity contribution in [2.24, 2.45) is 0 Å². The number of anilines is 1. The Morgan fingerprint density at radius 1 is 1.50 bits per heavy atom. The number of hydrogen-bond donors (Lipinski definition) is 1. The third-order valence-corrected chi connectivity index (χ3v) is 4.00. The van der Waals surface area contributed by atoms with Crippen LogP contribution in [0.2, 0.25) is 0 Å². The van der Waals surface area contributed by atoms with Gasteiger partial charge in [0.05, 0.1) is 11.8 Å². The Bertz CT molecular complexity index is 599. The summed E-state index contributed by atoms with van der Waals surface area (Å²) in [5.74, 6) is 0.763. The number of aromatic nitrogens is 1. The summed E-state index contributed by atoms with van der Waals surface area (Å²) in [6.07, 6.45) is 5.54. The molecule has 1 N–H and O–H groups in total.